The number of nitrogens with zero attached hydrogens (tertiary/aromatic N) is 1. The molecule has 0 amide bonds. The number of hydroxylamine groups is 2. The van der Waals surface area contributed by atoms with Gasteiger partial charge in [-0.25, -0.2) is 4.79 Å². The monoisotopic (exact) mass is 772 g/mol. The minimum Gasteiger partial charge on any atom is -0.462 e. The van der Waals surface area contributed by atoms with Gasteiger partial charge in [-0.2, -0.15) is 0 Å². The highest BCUT2D eigenvalue weighted by Crippen LogP contribution is 2.24. The van der Waals surface area contributed by atoms with Crippen LogP contribution in [0.4, 0.5) is 0 Å². The number of hydrogen-bond acceptors (Lipinski definition) is 7. The summed E-state index contributed by atoms with van der Waals surface area (Å²) < 4.78 is 6.03. The van der Waals surface area contributed by atoms with E-state index in [1.54, 1.807) is 0 Å². The predicted molar refractivity (Wildman–Crippen MR) is 232 cm³/mol. The Morgan fingerprint density at radius 3 is 1.04 bits per heavy atom. The van der Waals surface area contributed by atoms with Crippen LogP contribution in [0.5, 0.6) is 0 Å². The van der Waals surface area contributed by atoms with Gasteiger partial charge in [0.1, 0.15) is 17.6 Å². The molecule has 310 valence electrons. The highest BCUT2D eigenvalue weighted by Gasteiger charge is 2.16. The molecule has 0 aromatic carbocycles. The van der Waals surface area contributed by atoms with Crippen LogP contribution < -0.4 is 0 Å². The van der Waals surface area contributed by atoms with Crippen molar-refractivity contribution in [2.24, 2.45) is 0 Å². The summed E-state index contributed by atoms with van der Waals surface area (Å²) in [5, 5.41) is 1.93. The van der Waals surface area contributed by atoms with Crippen LogP contribution in [0.25, 0.3) is 0 Å². The molecule has 0 aromatic heterocycles. The molecule has 5 nitrogen and oxygen atoms in total. The SMILES string of the molecule is CCCCCCCCCCC(CCCCCCCCCC)OC(=O)CSSCC(=O)ON(CCCCCCCCCC)CCCCCCCCCC. The Hall–Kier alpha value is -0.400. The second-order valence-electron chi connectivity index (χ2n) is 15.5. The fraction of sp³-hybridized carbons (Fsp3) is 0.956. The first-order valence-electron chi connectivity index (χ1n) is 23.0. The average molecular weight is 772 g/mol. The maximum Gasteiger partial charge on any atom is 0.335 e. The first-order valence-corrected chi connectivity index (χ1v) is 25.5. The Morgan fingerprint density at radius 2 is 0.692 bits per heavy atom. The van der Waals surface area contributed by atoms with E-state index in [0.29, 0.717) is 0 Å². The van der Waals surface area contributed by atoms with E-state index in [4.69, 9.17) is 9.57 Å². The van der Waals surface area contributed by atoms with E-state index in [1.807, 2.05) is 5.06 Å². The minimum atomic E-state index is -0.202. The molecule has 0 aliphatic carbocycles. The summed E-state index contributed by atoms with van der Waals surface area (Å²) in [7, 11) is 2.85. The van der Waals surface area contributed by atoms with E-state index < -0.39 is 0 Å². The van der Waals surface area contributed by atoms with Gasteiger partial charge < -0.3 is 9.57 Å². The maximum atomic E-state index is 12.9. The van der Waals surface area contributed by atoms with Crippen molar-refractivity contribution in [2.45, 2.75) is 252 Å². The predicted octanol–water partition coefficient (Wildman–Crippen LogP) is 15.4. The van der Waals surface area contributed by atoms with Crippen molar-refractivity contribution in [1.29, 1.82) is 0 Å². The molecule has 0 spiro atoms. The largest absolute Gasteiger partial charge is 0.462 e. The average Bonchev–Trinajstić information content (AvgIpc) is 3.14. The van der Waals surface area contributed by atoms with Crippen LogP contribution in [-0.2, 0) is 19.2 Å². The van der Waals surface area contributed by atoms with Gasteiger partial charge >= 0.3 is 11.9 Å². The lowest BCUT2D eigenvalue weighted by Crippen LogP contribution is -2.30. The lowest BCUT2D eigenvalue weighted by atomic mass is 10.0. The molecule has 0 bridgehead atoms. The first kappa shape index (κ1) is 51.6. The summed E-state index contributed by atoms with van der Waals surface area (Å²) in [5.74, 6) is 0.195. The smallest absolute Gasteiger partial charge is 0.335 e. The number of rotatable bonds is 43. The van der Waals surface area contributed by atoms with Crippen molar-refractivity contribution in [1.82, 2.24) is 5.06 Å². The Bertz CT molecular complexity index is 640. The molecule has 0 aliphatic rings. The van der Waals surface area contributed by atoms with Gasteiger partial charge in [0.15, 0.2) is 0 Å². The van der Waals surface area contributed by atoms with Gasteiger partial charge in [0.05, 0.1) is 0 Å². The molecule has 0 aromatic rings. The van der Waals surface area contributed by atoms with E-state index in [1.165, 1.54) is 201 Å². The number of hydrogen-bond donors (Lipinski definition) is 0. The van der Waals surface area contributed by atoms with Crippen molar-refractivity contribution in [3.63, 3.8) is 0 Å². The molecule has 0 aliphatic heterocycles. The van der Waals surface area contributed by atoms with Crippen molar-refractivity contribution < 1.29 is 19.2 Å². The molecule has 0 N–H and O–H groups in total. The fourth-order valence-electron chi connectivity index (χ4n) is 6.89. The van der Waals surface area contributed by atoms with Crippen molar-refractivity contribution >= 4 is 33.5 Å². The van der Waals surface area contributed by atoms with Crippen molar-refractivity contribution in [3.05, 3.63) is 0 Å². The standard InChI is InChI=1S/C45H89NO4S2/c1-5-9-13-17-21-25-29-33-37-43(38-34-30-26-22-18-14-10-6-2)49-44(47)41-51-52-42-45(48)50-46(39-35-31-27-23-19-15-11-7-3)40-36-32-28-24-20-16-12-8-4/h43H,5-42H2,1-4H3. The number of esters is 1. The van der Waals surface area contributed by atoms with Gasteiger partial charge in [-0.1, -0.05) is 229 Å². The summed E-state index contributed by atoms with van der Waals surface area (Å²) in [4.78, 5) is 31.5. The molecule has 52 heavy (non-hydrogen) atoms. The second-order valence-corrected chi connectivity index (χ2v) is 18.0. The summed E-state index contributed by atoms with van der Waals surface area (Å²) in [6, 6.07) is 0. The summed E-state index contributed by atoms with van der Waals surface area (Å²) in [6.07, 6.45) is 43.1. The third-order valence-corrected chi connectivity index (χ3v) is 12.3. The quantitative estimate of drug-likeness (QED) is 0.0265. The molecule has 0 saturated carbocycles. The van der Waals surface area contributed by atoms with Gasteiger partial charge in [0.25, 0.3) is 0 Å². The van der Waals surface area contributed by atoms with E-state index in [9.17, 15) is 9.59 Å². The van der Waals surface area contributed by atoms with Gasteiger partial charge in [-0.3, -0.25) is 4.79 Å². The van der Waals surface area contributed by atoms with Crippen LogP contribution in [-0.4, -0.2) is 47.7 Å². The van der Waals surface area contributed by atoms with Crippen molar-refractivity contribution in [3.8, 4) is 0 Å². The van der Waals surface area contributed by atoms with Crippen LogP contribution in [0.1, 0.15) is 246 Å². The van der Waals surface area contributed by atoms with Crippen LogP contribution in [0, 0.1) is 0 Å². The highest BCUT2D eigenvalue weighted by molar-refractivity contribution is 8.77. The normalized spacial score (nSPS) is 11.6. The molecule has 0 saturated heterocycles. The minimum absolute atomic E-state index is 0.0319. The third-order valence-electron chi connectivity index (χ3n) is 10.2. The number of ether oxygens (including phenoxy) is 1. The van der Waals surface area contributed by atoms with E-state index >= 15 is 0 Å². The van der Waals surface area contributed by atoms with E-state index in [-0.39, 0.29) is 29.5 Å². The topological polar surface area (TPSA) is 55.8 Å². The van der Waals surface area contributed by atoms with Crippen molar-refractivity contribution in [2.75, 3.05) is 24.6 Å². The lowest BCUT2D eigenvalue weighted by Gasteiger charge is -2.21. The Balaban J connectivity index is 4.56. The molecular weight excluding hydrogens is 683 g/mol. The van der Waals surface area contributed by atoms with E-state index in [0.717, 1.165) is 51.6 Å². The van der Waals surface area contributed by atoms with Gasteiger partial charge in [-0.05, 0) is 38.5 Å². The molecule has 0 atom stereocenters. The van der Waals surface area contributed by atoms with Gasteiger partial charge in [0, 0.05) is 13.1 Å². The van der Waals surface area contributed by atoms with E-state index in [2.05, 4.69) is 27.7 Å². The molecule has 7 heteroatoms. The Kier molecular flexibility index (Phi) is 43.0. The summed E-state index contributed by atoms with van der Waals surface area (Å²) in [6.45, 7) is 10.7. The zero-order chi connectivity index (χ0) is 38.0. The molecule has 0 heterocycles. The zero-order valence-corrected chi connectivity index (χ0v) is 37.0. The highest BCUT2D eigenvalue weighted by atomic mass is 33.1. The second kappa shape index (κ2) is 43.3. The Morgan fingerprint density at radius 1 is 0.404 bits per heavy atom. The fourth-order valence-corrected chi connectivity index (χ4v) is 8.45. The van der Waals surface area contributed by atoms with Crippen LogP contribution in [0.3, 0.4) is 0 Å². The summed E-state index contributed by atoms with van der Waals surface area (Å²) in [5.41, 5.74) is 0. The molecule has 0 unspecified atom stereocenters. The summed E-state index contributed by atoms with van der Waals surface area (Å²) >= 11 is 0. The maximum absolute atomic E-state index is 12.9. The zero-order valence-electron chi connectivity index (χ0n) is 35.3. The molecular formula is C45H89NO4S2. The molecule has 0 fully saturated rings. The van der Waals surface area contributed by atoms with Gasteiger partial charge in [0.2, 0.25) is 0 Å². The molecule has 0 radical (unpaired) electrons. The lowest BCUT2D eigenvalue weighted by molar-refractivity contribution is -0.187. The van der Waals surface area contributed by atoms with Crippen LogP contribution >= 0.6 is 21.6 Å². The number of carbonyl (C=O) groups is 2. The third kappa shape index (κ3) is 39.3. The van der Waals surface area contributed by atoms with Gasteiger partial charge in [-0.15, -0.1) is 5.06 Å². The number of unbranched alkanes of at least 4 members (excludes halogenated alkanes) is 28. The first-order chi connectivity index (χ1) is 25.6. The van der Waals surface area contributed by atoms with Crippen LogP contribution in [0.2, 0.25) is 0 Å². The van der Waals surface area contributed by atoms with Crippen LogP contribution in [0.15, 0.2) is 0 Å². The number of carbonyl (C=O) groups excluding carboxylic acids is 2. The Labute approximate surface area is 333 Å². The molecule has 0 rings (SSSR count).